The summed E-state index contributed by atoms with van der Waals surface area (Å²) in [7, 11) is 1.78. The minimum atomic E-state index is -0.00211. The molecule has 3 aromatic rings. The maximum atomic E-state index is 12.7. The second kappa shape index (κ2) is 7.25. The van der Waals surface area contributed by atoms with Crippen molar-refractivity contribution in [3.05, 3.63) is 63.8 Å². The van der Waals surface area contributed by atoms with Crippen LogP contribution in [0.4, 0.5) is 0 Å². The van der Waals surface area contributed by atoms with Gasteiger partial charge in [0.25, 0.3) is 0 Å². The van der Waals surface area contributed by atoms with Crippen LogP contribution in [0.1, 0.15) is 37.3 Å². The van der Waals surface area contributed by atoms with Gasteiger partial charge in [0.1, 0.15) is 5.15 Å². The molecule has 0 atom stereocenters. The number of fused-ring (bicyclic) bond motifs is 1. The SMILES string of the molecule is Cn1c(=O)n(C2CCC(OCc3ccccc3)CC2)c2cc(Cl)ncc21. The molecule has 0 bridgehead atoms. The summed E-state index contributed by atoms with van der Waals surface area (Å²) in [5.74, 6) is 0. The Bertz CT molecular complexity index is 956. The van der Waals surface area contributed by atoms with Gasteiger partial charge in [-0.3, -0.25) is 9.13 Å². The van der Waals surface area contributed by atoms with Gasteiger partial charge in [0, 0.05) is 19.2 Å². The molecule has 0 unspecified atom stereocenters. The number of hydrogen-bond acceptors (Lipinski definition) is 3. The van der Waals surface area contributed by atoms with Crippen LogP contribution in [0.2, 0.25) is 5.15 Å². The normalized spacial score (nSPS) is 20.5. The van der Waals surface area contributed by atoms with E-state index in [1.165, 1.54) is 5.56 Å². The van der Waals surface area contributed by atoms with E-state index in [4.69, 9.17) is 16.3 Å². The number of aromatic nitrogens is 3. The van der Waals surface area contributed by atoms with E-state index in [2.05, 4.69) is 17.1 Å². The van der Waals surface area contributed by atoms with Crippen molar-refractivity contribution in [2.24, 2.45) is 7.05 Å². The van der Waals surface area contributed by atoms with Crippen LogP contribution in [0.5, 0.6) is 0 Å². The maximum absolute atomic E-state index is 12.7. The summed E-state index contributed by atoms with van der Waals surface area (Å²) in [5.41, 5.74) is 2.88. The van der Waals surface area contributed by atoms with Crippen molar-refractivity contribution in [2.45, 2.75) is 44.4 Å². The van der Waals surface area contributed by atoms with Gasteiger partial charge in [-0.2, -0.15) is 0 Å². The van der Waals surface area contributed by atoms with Gasteiger partial charge in [-0.25, -0.2) is 9.78 Å². The molecule has 2 heterocycles. The lowest BCUT2D eigenvalue weighted by atomic mass is 9.92. The van der Waals surface area contributed by atoms with Gasteiger partial charge >= 0.3 is 5.69 Å². The first kappa shape index (κ1) is 17.3. The monoisotopic (exact) mass is 371 g/mol. The second-order valence-corrected chi connectivity index (χ2v) is 7.32. The lowest BCUT2D eigenvalue weighted by Crippen LogP contribution is -2.30. The molecule has 0 amide bonds. The third-order valence-corrected chi connectivity index (χ3v) is 5.49. The van der Waals surface area contributed by atoms with E-state index in [-0.39, 0.29) is 17.8 Å². The van der Waals surface area contributed by atoms with E-state index in [1.807, 2.05) is 22.8 Å². The van der Waals surface area contributed by atoms with Crippen LogP contribution in [-0.4, -0.2) is 20.2 Å². The molecule has 1 aliphatic rings. The predicted octanol–water partition coefficient (Wildman–Crippen LogP) is 4.09. The Labute approximate surface area is 157 Å². The number of nitrogens with zero attached hydrogens (tertiary/aromatic N) is 3. The molecule has 136 valence electrons. The number of ether oxygens (including phenoxy) is 1. The summed E-state index contributed by atoms with van der Waals surface area (Å²) in [6, 6.07) is 12.2. The molecule has 4 rings (SSSR count). The number of aryl methyl sites for hydroxylation is 1. The van der Waals surface area contributed by atoms with Crippen LogP contribution < -0.4 is 5.69 Å². The number of imidazole rings is 1. The van der Waals surface area contributed by atoms with Gasteiger partial charge in [-0.15, -0.1) is 0 Å². The Balaban J connectivity index is 1.47. The van der Waals surface area contributed by atoms with Crippen molar-refractivity contribution in [1.29, 1.82) is 0 Å². The lowest BCUT2D eigenvalue weighted by Gasteiger charge is -2.29. The van der Waals surface area contributed by atoms with E-state index in [0.717, 1.165) is 36.7 Å². The van der Waals surface area contributed by atoms with Crippen LogP contribution in [0.15, 0.2) is 47.4 Å². The van der Waals surface area contributed by atoms with E-state index >= 15 is 0 Å². The first-order valence-corrected chi connectivity index (χ1v) is 9.39. The van der Waals surface area contributed by atoms with E-state index in [9.17, 15) is 4.79 Å². The van der Waals surface area contributed by atoms with E-state index < -0.39 is 0 Å². The largest absolute Gasteiger partial charge is 0.374 e. The quantitative estimate of drug-likeness (QED) is 0.649. The highest BCUT2D eigenvalue weighted by Crippen LogP contribution is 2.32. The Hall–Kier alpha value is -2.11. The number of rotatable bonds is 4. The summed E-state index contributed by atoms with van der Waals surface area (Å²) in [6.07, 6.45) is 5.70. The third kappa shape index (κ3) is 3.29. The Kier molecular flexibility index (Phi) is 4.83. The zero-order valence-electron chi connectivity index (χ0n) is 14.8. The molecule has 1 aromatic carbocycles. The summed E-state index contributed by atoms with van der Waals surface area (Å²) in [4.78, 5) is 16.8. The van der Waals surface area contributed by atoms with Gasteiger partial charge in [0.15, 0.2) is 0 Å². The molecule has 0 saturated heterocycles. The minimum Gasteiger partial charge on any atom is -0.374 e. The van der Waals surface area contributed by atoms with Crippen LogP contribution >= 0.6 is 11.6 Å². The van der Waals surface area contributed by atoms with Crippen molar-refractivity contribution in [3.63, 3.8) is 0 Å². The van der Waals surface area contributed by atoms with Crippen molar-refractivity contribution < 1.29 is 4.74 Å². The highest BCUT2D eigenvalue weighted by molar-refractivity contribution is 6.29. The van der Waals surface area contributed by atoms with Crippen LogP contribution in [0.3, 0.4) is 0 Å². The van der Waals surface area contributed by atoms with Gasteiger partial charge in [0.2, 0.25) is 0 Å². The number of hydrogen-bond donors (Lipinski definition) is 0. The average molecular weight is 372 g/mol. The van der Waals surface area contributed by atoms with Gasteiger partial charge in [0.05, 0.1) is 29.9 Å². The fourth-order valence-corrected chi connectivity index (χ4v) is 4.00. The second-order valence-electron chi connectivity index (χ2n) is 6.93. The van der Waals surface area contributed by atoms with Crippen molar-refractivity contribution in [3.8, 4) is 0 Å². The summed E-state index contributed by atoms with van der Waals surface area (Å²) in [5, 5.41) is 0.414. The van der Waals surface area contributed by atoms with Crippen molar-refractivity contribution in [2.75, 3.05) is 0 Å². The molecule has 0 radical (unpaired) electrons. The average Bonchev–Trinajstić information content (AvgIpc) is 2.91. The van der Waals surface area contributed by atoms with Gasteiger partial charge < -0.3 is 4.74 Å². The predicted molar refractivity (Wildman–Crippen MR) is 103 cm³/mol. The molecular weight excluding hydrogens is 350 g/mol. The van der Waals surface area contributed by atoms with Gasteiger partial charge in [-0.05, 0) is 31.2 Å². The topological polar surface area (TPSA) is 49.0 Å². The summed E-state index contributed by atoms with van der Waals surface area (Å²) in [6.45, 7) is 0.645. The standard InChI is InChI=1S/C20H22ClN3O2/c1-23-18-12-22-19(21)11-17(18)24(20(23)25)15-7-9-16(10-8-15)26-13-14-5-3-2-4-6-14/h2-6,11-12,15-16H,7-10,13H2,1H3. The summed E-state index contributed by atoms with van der Waals surface area (Å²) < 4.78 is 9.61. The highest BCUT2D eigenvalue weighted by atomic mass is 35.5. The van der Waals surface area contributed by atoms with E-state index in [1.54, 1.807) is 23.9 Å². The molecule has 6 heteroatoms. The van der Waals surface area contributed by atoms with Crippen LogP contribution in [-0.2, 0) is 18.4 Å². The van der Waals surface area contributed by atoms with Crippen molar-refractivity contribution >= 4 is 22.6 Å². The lowest BCUT2D eigenvalue weighted by molar-refractivity contribution is 0.00845. The van der Waals surface area contributed by atoms with E-state index in [0.29, 0.717) is 11.8 Å². The fourth-order valence-electron chi connectivity index (χ4n) is 3.84. The maximum Gasteiger partial charge on any atom is 0.329 e. The van der Waals surface area contributed by atoms with Crippen LogP contribution in [0, 0.1) is 0 Å². The Morgan fingerprint density at radius 1 is 1.15 bits per heavy atom. The number of benzene rings is 1. The summed E-state index contributed by atoms with van der Waals surface area (Å²) >= 11 is 6.06. The molecule has 1 fully saturated rings. The molecule has 5 nitrogen and oxygen atoms in total. The fraction of sp³-hybridized carbons (Fsp3) is 0.400. The zero-order valence-corrected chi connectivity index (χ0v) is 15.5. The molecule has 26 heavy (non-hydrogen) atoms. The first-order valence-electron chi connectivity index (χ1n) is 9.01. The third-order valence-electron chi connectivity index (χ3n) is 5.28. The molecule has 0 spiro atoms. The number of halogens is 1. The number of pyridine rings is 1. The molecule has 1 saturated carbocycles. The molecule has 0 N–H and O–H groups in total. The molecule has 0 aliphatic heterocycles. The molecular formula is C20H22ClN3O2. The molecule has 1 aliphatic carbocycles. The Morgan fingerprint density at radius 3 is 2.62 bits per heavy atom. The molecule has 2 aromatic heterocycles. The van der Waals surface area contributed by atoms with Crippen molar-refractivity contribution in [1.82, 2.24) is 14.1 Å². The Morgan fingerprint density at radius 2 is 1.88 bits per heavy atom. The van der Waals surface area contributed by atoms with Crippen LogP contribution in [0.25, 0.3) is 11.0 Å². The van der Waals surface area contributed by atoms with Gasteiger partial charge in [-0.1, -0.05) is 41.9 Å². The smallest absolute Gasteiger partial charge is 0.329 e. The minimum absolute atomic E-state index is 0.00211. The zero-order chi connectivity index (χ0) is 18.1. The highest BCUT2D eigenvalue weighted by Gasteiger charge is 2.26. The first-order chi connectivity index (χ1) is 12.6.